The molecule has 4 nitrogen and oxygen atoms in total. The molecular formula is C26H17Cl3N2O2. The van der Waals surface area contributed by atoms with Crippen molar-refractivity contribution in [1.82, 2.24) is 10.1 Å². The van der Waals surface area contributed by atoms with E-state index in [1.807, 2.05) is 36.4 Å². The Bertz CT molecular complexity index is 1470. The lowest BCUT2D eigenvalue weighted by Crippen LogP contribution is -2.29. The minimum atomic E-state index is -1.56. The highest BCUT2D eigenvalue weighted by atomic mass is 35.5. The summed E-state index contributed by atoms with van der Waals surface area (Å²) in [5, 5.41) is 18.1. The maximum Gasteiger partial charge on any atom is 0.145 e. The SMILES string of the molecule is Cc1nocc1C(O)(c1ccc(Cl)cc1)c1ccc2nc(Cl)c(-c3ccccc3)c(Cl)c2c1. The molecule has 0 fully saturated rings. The maximum absolute atomic E-state index is 12.1. The highest BCUT2D eigenvalue weighted by Crippen LogP contribution is 2.43. The van der Waals surface area contributed by atoms with Crippen LogP contribution >= 0.6 is 34.8 Å². The molecule has 5 rings (SSSR count). The summed E-state index contributed by atoms with van der Waals surface area (Å²) in [6, 6.07) is 22.0. The number of hydrogen-bond acceptors (Lipinski definition) is 4. The van der Waals surface area contributed by atoms with E-state index in [1.54, 1.807) is 43.3 Å². The molecule has 3 aromatic carbocycles. The summed E-state index contributed by atoms with van der Waals surface area (Å²) in [6.07, 6.45) is 1.45. The van der Waals surface area contributed by atoms with E-state index >= 15 is 0 Å². The van der Waals surface area contributed by atoms with Crippen molar-refractivity contribution in [3.63, 3.8) is 0 Å². The van der Waals surface area contributed by atoms with Gasteiger partial charge in [-0.3, -0.25) is 0 Å². The van der Waals surface area contributed by atoms with E-state index in [1.165, 1.54) is 6.26 Å². The van der Waals surface area contributed by atoms with Gasteiger partial charge in [0.25, 0.3) is 0 Å². The van der Waals surface area contributed by atoms with Gasteiger partial charge in [-0.1, -0.05) is 88.5 Å². The quantitative estimate of drug-likeness (QED) is 0.263. The first kappa shape index (κ1) is 21.9. The van der Waals surface area contributed by atoms with Crippen LogP contribution in [-0.2, 0) is 5.60 Å². The van der Waals surface area contributed by atoms with Crippen molar-refractivity contribution in [2.75, 3.05) is 0 Å². The van der Waals surface area contributed by atoms with Crippen LogP contribution in [0.1, 0.15) is 22.4 Å². The molecule has 164 valence electrons. The van der Waals surface area contributed by atoms with Gasteiger partial charge in [0.05, 0.1) is 21.8 Å². The maximum atomic E-state index is 12.1. The molecule has 0 saturated carbocycles. The second kappa shape index (κ2) is 8.47. The summed E-state index contributed by atoms with van der Waals surface area (Å²) >= 11 is 19.5. The second-order valence-corrected chi connectivity index (χ2v) is 8.89. The first-order valence-corrected chi connectivity index (χ1v) is 11.3. The number of nitrogens with zero attached hydrogens (tertiary/aromatic N) is 2. The van der Waals surface area contributed by atoms with Crippen LogP contribution < -0.4 is 0 Å². The van der Waals surface area contributed by atoms with Gasteiger partial charge in [0.1, 0.15) is 17.0 Å². The predicted octanol–water partition coefficient (Wildman–Crippen LogP) is 7.44. The molecule has 0 aliphatic carbocycles. The zero-order chi connectivity index (χ0) is 23.2. The van der Waals surface area contributed by atoms with Gasteiger partial charge < -0.3 is 9.63 Å². The second-order valence-electron chi connectivity index (χ2n) is 7.72. The van der Waals surface area contributed by atoms with Crippen molar-refractivity contribution < 1.29 is 9.63 Å². The van der Waals surface area contributed by atoms with Gasteiger partial charge in [0.15, 0.2) is 0 Å². The van der Waals surface area contributed by atoms with Gasteiger partial charge in [-0.05, 0) is 47.9 Å². The van der Waals surface area contributed by atoms with Gasteiger partial charge in [-0.15, -0.1) is 0 Å². The van der Waals surface area contributed by atoms with Gasteiger partial charge in [0.2, 0.25) is 0 Å². The Morgan fingerprint density at radius 3 is 2.24 bits per heavy atom. The lowest BCUT2D eigenvalue weighted by atomic mass is 9.80. The van der Waals surface area contributed by atoms with E-state index in [-0.39, 0.29) is 0 Å². The van der Waals surface area contributed by atoms with Crippen LogP contribution in [0.3, 0.4) is 0 Å². The van der Waals surface area contributed by atoms with Crippen molar-refractivity contribution in [3.8, 4) is 11.1 Å². The number of rotatable bonds is 4. The third-order valence-corrected chi connectivity index (χ3v) is 6.68. The number of pyridine rings is 1. The highest BCUT2D eigenvalue weighted by Gasteiger charge is 2.37. The monoisotopic (exact) mass is 494 g/mol. The zero-order valence-electron chi connectivity index (χ0n) is 17.4. The molecule has 0 amide bonds. The minimum absolute atomic E-state index is 0.314. The molecule has 7 heteroatoms. The van der Waals surface area contributed by atoms with Crippen LogP contribution in [0.4, 0.5) is 0 Å². The predicted molar refractivity (Wildman–Crippen MR) is 132 cm³/mol. The molecule has 0 spiro atoms. The lowest BCUT2D eigenvalue weighted by Gasteiger charge is -2.29. The molecule has 0 saturated heterocycles. The molecule has 1 unspecified atom stereocenters. The Labute approximate surface area is 205 Å². The van der Waals surface area contributed by atoms with Crippen molar-refractivity contribution in [3.05, 3.63) is 117 Å². The number of hydrogen-bond donors (Lipinski definition) is 1. The van der Waals surface area contributed by atoms with E-state index in [2.05, 4.69) is 10.1 Å². The number of aromatic nitrogens is 2. The topological polar surface area (TPSA) is 59.2 Å². The number of aryl methyl sites for hydroxylation is 1. The molecule has 2 aromatic heterocycles. The lowest BCUT2D eigenvalue weighted by molar-refractivity contribution is 0.124. The van der Waals surface area contributed by atoms with Crippen molar-refractivity contribution in [1.29, 1.82) is 0 Å². The van der Waals surface area contributed by atoms with E-state index in [9.17, 15) is 5.11 Å². The molecule has 0 aliphatic heterocycles. The van der Waals surface area contributed by atoms with E-state index in [0.717, 1.165) is 5.56 Å². The molecule has 0 aliphatic rings. The molecule has 2 heterocycles. The molecule has 33 heavy (non-hydrogen) atoms. The van der Waals surface area contributed by atoms with Crippen LogP contribution in [0, 0.1) is 6.92 Å². The van der Waals surface area contributed by atoms with Gasteiger partial charge >= 0.3 is 0 Å². The van der Waals surface area contributed by atoms with Crippen molar-refractivity contribution in [2.24, 2.45) is 0 Å². The minimum Gasteiger partial charge on any atom is -0.376 e. The highest BCUT2D eigenvalue weighted by molar-refractivity contribution is 6.42. The normalized spacial score (nSPS) is 13.2. The summed E-state index contributed by atoms with van der Waals surface area (Å²) in [4.78, 5) is 4.55. The molecule has 0 bridgehead atoms. The Hall–Kier alpha value is -2.89. The fraction of sp³-hybridized carbons (Fsp3) is 0.0769. The van der Waals surface area contributed by atoms with Crippen molar-refractivity contribution >= 4 is 45.7 Å². The molecule has 1 atom stereocenters. The third kappa shape index (κ3) is 3.69. The van der Waals surface area contributed by atoms with Crippen molar-refractivity contribution in [2.45, 2.75) is 12.5 Å². The zero-order valence-corrected chi connectivity index (χ0v) is 19.7. The van der Waals surface area contributed by atoms with E-state index in [4.69, 9.17) is 39.3 Å². The van der Waals surface area contributed by atoms with Crippen LogP contribution in [-0.4, -0.2) is 15.2 Å². The summed E-state index contributed by atoms with van der Waals surface area (Å²) in [5.41, 5.74) is 2.83. The van der Waals surface area contributed by atoms with E-state index < -0.39 is 5.60 Å². The molecule has 1 N–H and O–H groups in total. The Morgan fingerprint density at radius 1 is 0.879 bits per heavy atom. The average Bonchev–Trinajstić information content (AvgIpc) is 3.26. The van der Waals surface area contributed by atoms with E-state index in [0.29, 0.717) is 54.0 Å². The Kier molecular flexibility index (Phi) is 5.63. The Morgan fingerprint density at radius 2 is 1.58 bits per heavy atom. The number of benzene rings is 3. The van der Waals surface area contributed by atoms with Crippen LogP contribution in [0.5, 0.6) is 0 Å². The molecule has 5 aromatic rings. The summed E-state index contributed by atoms with van der Waals surface area (Å²) in [6.45, 7) is 1.78. The number of halogens is 3. The number of aliphatic hydroxyl groups is 1. The first-order chi connectivity index (χ1) is 15.9. The fourth-order valence-electron chi connectivity index (χ4n) is 4.08. The standard InChI is InChI=1S/C26H17Cl3N2O2/c1-15-21(14-33-31-15)26(32,17-7-10-19(27)11-8-17)18-9-12-22-20(13-18)24(28)23(25(29)30-22)16-5-3-2-4-6-16/h2-14,32H,1H3. The van der Waals surface area contributed by atoms with Crippen LogP contribution in [0.25, 0.3) is 22.0 Å². The molecule has 0 radical (unpaired) electrons. The summed E-state index contributed by atoms with van der Waals surface area (Å²) < 4.78 is 5.17. The Balaban J connectivity index is 1.78. The average molecular weight is 496 g/mol. The fourth-order valence-corrected chi connectivity index (χ4v) is 4.90. The molecular weight excluding hydrogens is 479 g/mol. The third-order valence-electron chi connectivity index (χ3n) is 5.76. The van der Waals surface area contributed by atoms with Crippen LogP contribution in [0.2, 0.25) is 15.2 Å². The smallest absolute Gasteiger partial charge is 0.145 e. The summed E-state index contributed by atoms with van der Waals surface area (Å²) in [7, 11) is 0. The van der Waals surface area contributed by atoms with Gasteiger partial charge in [0, 0.05) is 16.0 Å². The number of fused-ring (bicyclic) bond motifs is 1. The largest absolute Gasteiger partial charge is 0.376 e. The van der Waals surface area contributed by atoms with Gasteiger partial charge in [-0.2, -0.15) is 0 Å². The van der Waals surface area contributed by atoms with Gasteiger partial charge in [-0.25, -0.2) is 4.98 Å². The first-order valence-electron chi connectivity index (χ1n) is 10.1. The summed E-state index contributed by atoms with van der Waals surface area (Å²) in [5.74, 6) is 0. The van der Waals surface area contributed by atoms with Crippen LogP contribution in [0.15, 0.2) is 83.6 Å².